The molecule has 0 amide bonds. The van der Waals surface area contributed by atoms with Crippen molar-refractivity contribution in [1.29, 1.82) is 5.26 Å². The molecule has 2 aliphatic heterocycles. The molecule has 0 aliphatic carbocycles. The summed E-state index contributed by atoms with van der Waals surface area (Å²) in [6, 6.07) is 1.78. The quantitative estimate of drug-likeness (QED) is 0.772. The minimum atomic E-state index is -0.429. The standard InChI is InChI=1S/C13H13N5O3/c1-20-12-15-11(16-13(17-12)21-2)18-8-3-4-10(19)9(18)5-7(8)6-14/h3-4,7-9H,5H2,1-2H3/t7-,8?,9?/m0/s1. The van der Waals surface area contributed by atoms with E-state index < -0.39 is 6.04 Å². The second kappa shape index (κ2) is 5.01. The van der Waals surface area contributed by atoms with Gasteiger partial charge in [0, 0.05) is 0 Å². The van der Waals surface area contributed by atoms with Gasteiger partial charge in [-0.15, -0.1) is 4.98 Å². The highest BCUT2D eigenvalue weighted by Crippen LogP contribution is 2.37. The largest absolute Gasteiger partial charge is 0.467 e. The lowest BCUT2D eigenvalue weighted by molar-refractivity contribution is -0.115. The molecule has 108 valence electrons. The molecule has 1 aromatic heterocycles. The first-order valence-corrected chi connectivity index (χ1v) is 6.42. The van der Waals surface area contributed by atoms with E-state index in [9.17, 15) is 10.1 Å². The summed E-state index contributed by atoms with van der Waals surface area (Å²) in [6.45, 7) is 0. The van der Waals surface area contributed by atoms with Crippen LogP contribution in [0, 0.1) is 17.2 Å². The number of ketones is 1. The maximum Gasteiger partial charge on any atom is 0.324 e. The zero-order chi connectivity index (χ0) is 15.0. The van der Waals surface area contributed by atoms with Crippen LogP contribution in [0.1, 0.15) is 6.42 Å². The van der Waals surface area contributed by atoms with Crippen LogP contribution >= 0.6 is 0 Å². The van der Waals surface area contributed by atoms with Crippen molar-refractivity contribution in [2.45, 2.75) is 18.5 Å². The van der Waals surface area contributed by atoms with Crippen molar-refractivity contribution in [3.05, 3.63) is 12.2 Å². The third-order valence-electron chi connectivity index (χ3n) is 3.68. The Morgan fingerprint density at radius 2 is 1.95 bits per heavy atom. The molecule has 2 bridgehead atoms. The van der Waals surface area contributed by atoms with Gasteiger partial charge in [-0.05, 0) is 12.5 Å². The Morgan fingerprint density at radius 3 is 2.52 bits per heavy atom. The number of hydrogen-bond donors (Lipinski definition) is 0. The molecule has 3 heterocycles. The van der Waals surface area contributed by atoms with Crippen molar-refractivity contribution in [2.75, 3.05) is 19.1 Å². The molecule has 3 atom stereocenters. The molecule has 8 nitrogen and oxygen atoms in total. The van der Waals surface area contributed by atoms with Gasteiger partial charge in [0.2, 0.25) is 5.95 Å². The Hall–Kier alpha value is -2.69. The van der Waals surface area contributed by atoms with Gasteiger partial charge in [-0.3, -0.25) is 4.79 Å². The Kier molecular flexibility index (Phi) is 3.17. The number of nitriles is 1. The molecular formula is C13H13N5O3. The van der Waals surface area contributed by atoms with E-state index in [1.54, 1.807) is 11.0 Å². The molecule has 0 saturated carbocycles. The number of hydrogen-bond acceptors (Lipinski definition) is 8. The molecule has 1 fully saturated rings. The van der Waals surface area contributed by atoms with Crippen LogP contribution in [0.3, 0.4) is 0 Å². The minimum Gasteiger partial charge on any atom is -0.467 e. The van der Waals surface area contributed by atoms with Gasteiger partial charge in [0.1, 0.15) is 0 Å². The number of methoxy groups -OCH3 is 2. The third-order valence-corrected chi connectivity index (χ3v) is 3.68. The summed E-state index contributed by atoms with van der Waals surface area (Å²) in [4.78, 5) is 26.1. The molecule has 21 heavy (non-hydrogen) atoms. The second-order valence-electron chi connectivity index (χ2n) is 4.76. The molecule has 8 heteroatoms. The lowest BCUT2D eigenvalue weighted by Crippen LogP contribution is -2.44. The van der Waals surface area contributed by atoms with Crippen molar-refractivity contribution in [2.24, 2.45) is 5.92 Å². The van der Waals surface area contributed by atoms with Gasteiger partial charge in [-0.1, -0.05) is 6.08 Å². The van der Waals surface area contributed by atoms with Crippen molar-refractivity contribution >= 4 is 11.7 Å². The number of carbonyl (C=O) groups excluding carboxylic acids is 1. The lowest BCUT2D eigenvalue weighted by Gasteiger charge is -2.30. The Balaban J connectivity index is 2.06. The maximum absolute atomic E-state index is 12.0. The Morgan fingerprint density at radius 1 is 1.29 bits per heavy atom. The highest BCUT2D eigenvalue weighted by molar-refractivity contribution is 5.98. The summed E-state index contributed by atoms with van der Waals surface area (Å²) >= 11 is 0. The van der Waals surface area contributed by atoms with E-state index in [0.717, 1.165) is 0 Å². The summed E-state index contributed by atoms with van der Waals surface area (Å²) in [5.41, 5.74) is 0. The van der Waals surface area contributed by atoms with Crippen LogP contribution in [0.15, 0.2) is 12.2 Å². The van der Waals surface area contributed by atoms with E-state index in [4.69, 9.17) is 9.47 Å². The Labute approximate surface area is 121 Å². The number of aromatic nitrogens is 3. The van der Waals surface area contributed by atoms with Crippen LogP contribution in [0.2, 0.25) is 0 Å². The van der Waals surface area contributed by atoms with Crippen molar-refractivity contribution in [3.63, 3.8) is 0 Å². The van der Waals surface area contributed by atoms with E-state index in [0.29, 0.717) is 6.42 Å². The van der Waals surface area contributed by atoms with Crippen LogP contribution in [-0.2, 0) is 4.79 Å². The first-order valence-electron chi connectivity index (χ1n) is 6.42. The van der Waals surface area contributed by atoms with Gasteiger partial charge >= 0.3 is 12.0 Å². The second-order valence-corrected chi connectivity index (χ2v) is 4.76. The molecule has 1 aromatic rings. The van der Waals surface area contributed by atoms with Gasteiger partial charge in [0.25, 0.3) is 0 Å². The number of carbonyl (C=O) groups is 1. The predicted molar refractivity (Wildman–Crippen MR) is 70.9 cm³/mol. The summed E-state index contributed by atoms with van der Waals surface area (Å²) in [5, 5.41) is 9.24. The fourth-order valence-electron chi connectivity index (χ4n) is 2.71. The normalized spacial score (nSPS) is 26.6. The smallest absolute Gasteiger partial charge is 0.324 e. The van der Waals surface area contributed by atoms with Crippen molar-refractivity contribution in [3.8, 4) is 18.1 Å². The number of fused-ring (bicyclic) bond motifs is 2. The summed E-state index contributed by atoms with van der Waals surface area (Å²) < 4.78 is 10.0. The molecule has 0 radical (unpaired) electrons. The Bertz CT molecular complexity index is 631. The number of anilines is 1. The lowest BCUT2D eigenvalue weighted by atomic mass is 10.0. The summed E-state index contributed by atoms with van der Waals surface area (Å²) in [7, 11) is 2.87. The molecule has 1 saturated heterocycles. The minimum absolute atomic E-state index is 0.0534. The fourth-order valence-corrected chi connectivity index (χ4v) is 2.71. The zero-order valence-electron chi connectivity index (χ0n) is 11.6. The third kappa shape index (κ3) is 2.07. The number of nitrogens with zero attached hydrogens (tertiary/aromatic N) is 5. The maximum atomic E-state index is 12.0. The van der Waals surface area contributed by atoms with Gasteiger partial charge in [-0.2, -0.15) is 15.2 Å². The van der Waals surface area contributed by atoms with E-state index >= 15 is 0 Å². The predicted octanol–water partition coefficient (Wildman–Crippen LogP) is 0.115. The van der Waals surface area contributed by atoms with Crippen LogP contribution in [0.5, 0.6) is 12.0 Å². The topological polar surface area (TPSA) is 101 Å². The van der Waals surface area contributed by atoms with E-state index in [1.165, 1.54) is 20.3 Å². The summed E-state index contributed by atoms with van der Waals surface area (Å²) in [5.74, 6) is -0.0436. The van der Waals surface area contributed by atoms with Crippen LogP contribution in [-0.4, -0.2) is 47.0 Å². The molecule has 0 aromatic carbocycles. The molecular weight excluding hydrogens is 274 g/mol. The van der Waals surface area contributed by atoms with Crippen LogP contribution < -0.4 is 14.4 Å². The fraction of sp³-hybridized carbons (Fsp3) is 0.462. The first kappa shape index (κ1) is 13.3. The SMILES string of the molecule is COc1nc(OC)nc(N2C3C[C@@H](C#N)C2C=CC3=O)n1. The number of rotatable bonds is 3. The van der Waals surface area contributed by atoms with Gasteiger partial charge in [0.15, 0.2) is 5.78 Å². The van der Waals surface area contributed by atoms with Gasteiger partial charge in [-0.25, -0.2) is 0 Å². The highest BCUT2D eigenvalue weighted by Gasteiger charge is 2.47. The van der Waals surface area contributed by atoms with E-state index in [1.807, 2.05) is 0 Å². The molecule has 2 aliphatic rings. The van der Waals surface area contributed by atoms with Gasteiger partial charge in [0.05, 0.1) is 38.3 Å². The molecule has 0 N–H and O–H groups in total. The summed E-state index contributed by atoms with van der Waals surface area (Å²) in [6.07, 6.45) is 3.71. The van der Waals surface area contributed by atoms with Gasteiger partial charge < -0.3 is 14.4 Å². The molecule has 2 unspecified atom stereocenters. The average molecular weight is 287 g/mol. The zero-order valence-corrected chi connectivity index (χ0v) is 11.6. The molecule has 3 rings (SSSR count). The van der Waals surface area contributed by atoms with Crippen LogP contribution in [0.25, 0.3) is 0 Å². The van der Waals surface area contributed by atoms with Crippen molar-refractivity contribution < 1.29 is 14.3 Å². The van der Waals surface area contributed by atoms with E-state index in [2.05, 4.69) is 21.0 Å². The number of ether oxygens (including phenoxy) is 2. The van der Waals surface area contributed by atoms with E-state index in [-0.39, 0.29) is 35.7 Å². The molecule has 0 spiro atoms. The van der Waals surface area contributed by atoms with Crippen LogP contribution in [0.4, 0.5) is 5.95 Å². The first-order chi connectivity index (χ1) is 10.2. The highest BCUT2D eigenvalue weighted by atomic mass is 16.5. The average Bonchev–Trinajstić information content (AvgIpc) is 2.82. The monoisotopic (exact) mass is 287 g/mol. The van der Waals surface area contributed by atoms with Crippen molar-refractivity contribution in [1.82, 2.24) is 15.0 Å².